The molecule has 2 N–H and O–H groups in total. The van der Waals surface area contributed by atoms with Crippen LogP contribution in [0.4, 0.5) is 0 Å². The van der Waals surface area contributed by atoms with Gasteiger partial charge in [0.05, 0.1) is 0 Å². The zero-order chi connectivity index (χ0) is 9.00. The first-order chi connectivity index (χ1) is 4.00. The van der Waals surface area contributed by atoms with Gasteiger partial charge < -0.3 is 0 Å². The number of rotatable bonds is 0. The van der Waals surface area contributed by atoms with E-state index in [0.29, 0.717) is 0 Å². The molecular weight excluding hydrogens is 400 g/mol. The standard InChI is InChI=1S/Ba.Mg.2Mn.2H2O.6O.4H/h;;;;2*1H2;;;;;;;;;;/q;;2*+1;;;;;;;;;;;;/p-2. The van der Waals surface area contributed by atoms with E-state index >= 15 is 0 Å². The molecule has 0 aliphatic rings. The first-order valence-corrected chi connectivity index (χ1v) is 5.21. The van der Waals surface area contributed by atoms with Crippen LogP contribution in [-0.4, -0.2) is 80.3 Å². The Labute approximate surface area is 127 Å². The molecule has 0 heterocycles. The van der Waals surface area contributed by atoms with E-state index in [9.17, 15) is 0 Å². The van der Waals surface area contributed by atoms with Crippen LogP contribution < -0.4 is 0 Å². The maximum atomic E-state index is 8.69. The third-order valence-electron chi connectivity index (χ3n) is 0. The van der Waals surface area contributed by atoms with Crippen molar-refractivity contribution < 1.29 is 57.3 Å². The summed E-state index contributed by atoms with van der Waals surface area (Å²) in [5, 5.41) is 0. The van der Waals surface area contributed by atoms with E-state index in [4.69, 9.17) is 31.4 Å². The molecule has 0 aromatic heterocycles. The van der Waals surface area contributed by atoms with Crippen LogP contribution in [0, 0.1) is 0 Å². The number of hydrogen-bond donors (Lipinski definition) is 2. The van der Waals surface area contributed by atoms with Crippen molar-refractivity contribution in [2.24, 2.45) is 0 Å². The summed E-state index contributed by atoms with van der Waals surface area (Å²) in [7, 11) is 0. The van der Waals surface area contributed by atoms with Crippen LogP contribution in [0.25, 0.3) is 0 Å². The van der Waals surface area contributed by atoms with Gasteiger partial charge >= 0.3 is 129 Å². The molecule has 0 aliphatic carbocycles. The summed E-state index contributed by atoms with van der Waals surface area (Å²) in [6, 6.07) is 0. The second-order valence-corrected chi connectivity index (χ2v) is 3.27. The summed E-state index contributed by atoms with van der Waals surface area (Å²) in [6.45, 7) is 0. The topological polar surface area (TPSA) is 143 Å². The second kappa shape index (κ2) is 9.64. The van der Waals surface area contributed by atoms with E-state index < -0.39 is 25.9 Å². The molecule has 12 heavy (non-hydrogen) atoms. The molecule has 0 amide bonds. The predicted molar refractivity (Wildman–Crippen MR) is 25.6 cm³/mol. The monoisotopic (exact) mass is 406 g/mol. The van der Waals surface area contributed by atoms with Crippen molar-refractivity contribution in [2.45, 2.75) is 0 Å². The van der Waals surface area contributed by atoms with Gasteiger partial charge in [-0.3, -0.25) is 0 Å². The summed E-state index contributed by atoms with van der Waals surface area (Å²) < 4.78 is 66.1. The Morgan fingerprint density at radius 2 is 0.667 bits per heavy atom. The van der Waals surface area contributed by atoms with E-state index in [1.54, 1.807) is 0 Å². The Morgan fingerprint density at radius 3 is 0.667 bits per heavy atom. The van der Waals surface area contributed by atoms with Crippen molar-refractivity contribution in [3.63, 3.8) is 0 Å². The van der Waals surface area contributed by atoms with E-state index in [1.165, 1.54) is 0 Å². The van der Waals surface area contributed by atoms with E-state index in [2.05, 4.69) is 0 Å². The van der Waals surface area contributed by atoms with Gasteiger partial charge in [-0.15, -0.1) is 0 Å². The Balaban J connectivity index is -0.0000000457. The number of hydrogen-bond acceptors (Lipinski definition) is 6. The normalized spacial score (nSPS) is 9.50. The molecular formula is H6BaMgMn2O8. The SMILES string of the molecule is [BaH2].[MgH2].[O]=[Mn](=[O])(=[O])[OH].[O]=[Mn](=[O])(=[O])[OH]. The van der Waals surface area contributed by atoms with Gasteiger partial charge in [0.2, 0.25) is 0 Å². The molecule has 0 radical (unpaired) electrons. The molecule has 72 valence electrons. The molecule has 0 spiro atoms. The van der Waals surface area contributed by atoms with Crippen molar-refractivity contribution in [1.29, 1.82) is 0 Å². The third kappa shape index (κ3) is 339. The zero-order valence-electron chi connectivity index (χ0n) is 4.10. The van der Waals surface area contributed by atoms with Gasteiger partial charge in [0.25, 0.3) is 0 Å². The first-order valence-electron chi connectivity index (χ1n) is 1.26. The quantitative estimate of drug-likeness (QED) is 0.393. The Hall–Kier alpha value is 2.10. The van der Waals surface area contributed by atoms with Gasteiger partial charge in [0.15, 0.2) is 0 Å². The van der Waals surface area contributed by atoms with Crippen LogP contribution in [0.15, 0.2) is 0 Å². The van der Waals surface area contributed by atoms with Crippen molar-refractivity contribution in [3.8, 4) is 0 Å². The summed E-state index contributed by atoms with van der Waals surface area (Å²) >= 11 is -10.8. The fraction of sp³-hybridized carbons (Fsp3) is 0. The summed E-state index contributed by atoms with van der Waals surface area (Å²) in [4.78, 5) is 0. The zero-order valence-corrected chi connectivity index (χ0v) is 6.46. The molecule has 0 aromatic rings. The van der Waals surface area contributed by atoms with Gasteiger partial charge in [-0.2, -0.15) is 0 Å². The molecule has 0 fully saturated rings. The molecule has 0 aromatic carbocycles. The average molecular weight is 406 g/mol. The molecule has 0 saturated heterocycles. The van der Waals surface area contributed by atoms with Crippen LogP contribution in [-0.2, 0) is 48.9 Å². The third-order valence-corrected chi connectivity index (χ3v) is 0. The average Bonchev–Trinajstić information content (AvgIpc) is 1.12. The molecule has 8 nitrogen and oxygen atoms in total. The Bertz CT molecular complexity index is 301. The van der Waals surface area contributed by atoms with Crippen molar-refractivity contribution in [3.05, 3.63) is 0 Å². The van der Waals surface area contributed by atoms with Gasteiger partial charge in [-0.05, 0) is 0 Å². The van der Waals surface area contributed by atoms with Gasteiger partial charge in [-0.25, -0.2) is 0 Å². The fourth-order valence-electron chi connectivity index (χ4n) is 0. The fourth-order valence-corrected chi connectivity index (χ4v) is 0. The van der Waals surface area contributed by atoms with Crippen molar-refractivity contribution >= 4 is 71.9 Å². The summed E-state index contributed by atoms with van der Waals surface area (Å²) in [6.07, 6.45) is 0. The van der Waals surface area contributed by atoms with Crippen molar-refractivity contribution in [1.82, 2.24) is 0 Å². The van der Waals surface area contributed by atoms with Crippen LogP contribution in [0.5, 0.6) is 0 Å². The Morgan fingerprint density at radius 1 is 0.667 bits per heavy atom. The van der Waals surface area contributed by atoms with Gasteiger partial charge in [0.1, 0.15) is 0 Å². The maximum absolute atomic E-state index is 8.69. The van der Waals surface area contributed by atoms with Crippen LogP contribution in [0.1, 0.15) is 0 Å². The second-order valence-electron chi connectivity index (χ2n) is 0.792. The van der Waals surface area contributed by atoms with Crippen molar-refractivity contribution in [2.75, 3.05) is 0 Å². The molecule has 12 heteroatoms. The predicted octanol–water partition coefficient (Wildman–Crippen LogP) is -3.66. The first kappa shape index (κ1) is 23.7. The van der Waals surface area contributed by atoms with E-state index in [1.807, 2.05) is 0 Å². The molecule has 0 unspecified atom stereocenters. The molecule has 0 aliphatic heterocycles. The van der Waals surface area contributed by atoms with E-state index in [-0.39, 0.29) is 71.9 Å². The molecule has 0 bridgehead atoms. The minimum absolute atomic E-state index is 0. The Kier molecular flexibility index (Phi) is 19.1. The van der Waals surface area contributed by atoms with Crippen LogP contribution in [0.2, 0.25) is 0 Å². The summed E-state index contributed by atoms with van der Waals surface area (Å²) in [5.74, 6) is 0. The van der Waals surface area contributed by atoms with Crippen LogP contribution >= 0.6 is 0 Å². The van der Waals surface area contributed by atoms with Crippen LogP contribution in [0.3, 0.4) is 0 Å². The van der Waals surface area contributed by atoms with Gasteiger partial charge in [-0.1, -0.05) is 0 Å². The summed E-state index contributed by atoms with van der Waals surface area (Å²) in [5.41, 5.74) is 0. The van der Waals surface area contributed by atoms with E-state index in [0.717, 1.165) is 0 Å². The molecule has 0 rings (SSSR count). The minimum atomic E-state index is -5.38. The molecule has 0 atom stereocenters. The van der Waals surface area contributed by atoms with Gasteiger partial charge in [0, 0.05) is 0 Å². The molecule has 0 saturated carbocycles.